The number of phenols is 1. The van der Waals surface area contributed by atoms with Gasteiger partial charge >= 0.3 is 0 Å². The van der Waals surface area contributed by atoms with Crippen LogP contribution in [0.4, 0.5) is 0 Å². The van der Waals surface area contributed by atoms with E-state index in [9.17, 15) is 10.4 Å². The van der Waals surface area contributed by atoms with Crippen LogP contribution in [0.15, 0.2) is 23.8 Å². The summed E-state index contributed by atoms with van der Waals surface area (Å²) in [5, 5.41) is 20.4. The van der Waals surface area contributed by atoms with Gasteiger partial charge < -0.3 is 9.84 Å². The molecule has 0 radical (unpaired) electrons. The van der Waals surface area contributed by atoms with Crippen LogP contribution in [0.2, 0.25) is 0 Å². The number of hydrogen-bond acceptors (Lipinski definition) is 3. The normalized spacial score (nSPS) is 23.1. The lowest BCUT2D eigenvalue weighted by molar-refractivity contribution is 0.00773. The average molecular weight is 382 g/mol. The maximum Gasteiger partial charge on any atom is 0.127 e. The molecule has 1 aromatic carbocycles. The summed E-state index contributed by atoms with van der Waals surface area (Å²) < 4.78 is 6.45. The molecular weight excluding hydrogens is 346 g/mol. The molecule has 28 heavy (non-hydrogen) atoms. The topological polar surface area (TPSA) is 53.2 Å². The van der Waals surface area contributed by atoms with Gasteiger partial charge in [-0.05, 0) is 56.2 Å². The Labute approximate surface area is 170 Å². The van der Waals surface area contributed by atoms with Crippen molar-refractivity contribution in [3.05, 3.63) is 34.9 Å². The quantitative estimate of drug-likeness (QED) is 0.554. The molecule has 0 saturated carbocycles. The molecule has 0 saturated heterocycles. The highest BCUT2D eigenvalue weighted by molar-refractivity contribution is 5.54. The van der Waals surface area contributed by atoms with E-state index in [2.05, 4.69) is 46.8 Å². The predicted octanol–water partition coefficient (Wildman–Crippen LogP) is 6.75. The van der Waals surface area contributed by atoms with Crippen molar-refractivity contribution in [2.24, 2.45) is 5.92 Å². The van der Waals surface area contributed by atoms with Crippen LogP contribution in [0.5, 0.6) is 11.5 Å². The molecule has 152 valence electrons. The van der Waals surface area contributed by atoms with Crippen molar-refractivity contribution in [3.63, 3.8) is 0 Å². The minimum atomic E-state index is -0.314. The van der Waals surface area contributed by atoms with Crippen molar-refractivity contribution >= 4 is 0 Å². The molecule has 0 amide bonds. The minimum Gasteiger partial charge on any atom is -0.508 e. The number of allylic oxidation sites excluding steroid dienone is 2. The van der Waals surface area contributed by atoms with E-state index >= 15 is 0 Å². The van der Waals surface area contributed by atoms with Crippen LogP contribution in [0.1, 0.15) is 96.6 Å². The fraction of sp³-hybridized carbons (Fsp3) is 0.640. The number of nitriles is 1. The molecule has 2 aliphatic rings. The summed E-state index contributed by atoms with van der Waals surface area (Å²) in [6.45, 7) is 11.0. The molecule has 1 aliphatic heterocycles. The maximum absolute atomic E-state index is 11.0. The smallest absolute Gasteiger partial charge is 0.127 e. The highest BCUT2D eigenvalue weighted by Gasteiger charge is 2.46. The summed E-state index contributed by atoms with van der Waals surface area (Å²) in [6, 6.07) is 6.42. The fourth-order valence-corrected chi connectivity index (χ4v) is 5.02. The van der Waals surface area contributed by atoms with E-state index in [1.807, 2.05) is 12.1 Å². The first-order valence-corrected chi connectivity index (χ1v) is 10.8. The lowest BCUT2D eigenvalue weighted by atomic mass is 9.66. The Morgan fingerprint density at radius 3 is 2.68 bits per heavy atom. The van der Waals surface area contributed by atoms with Crippen molar-refractivity contribution in [1.29, 1.82) is 5.26 Å². The first-order chi connectivity index (χ1) is 13.2. The van der Waals surface area contributed by atoms with Gasteiger partial charge in [-0.25, -0.2) is 0 Å². The number of benzene rings is 1. The minimum absolute atomic E-state index is 0.00507. The summed E-state index contributed by atoms with van der Waals surface area (Å²) >= 11 is 0. The first-order valence-electron chi connectivity index (χ1n) is 10.8. The molecule has 1 aliphatic carbocycles. The van der Waals surface area contributed by atoms with E-state index < -0.39 is 0 Å². The molecule has 3 heteroatoms. The van der Waals surface area contributed by atoms with Crippen LogP contribution < -0.4 is 4.74 Å². The molecule has 0 bridgehead atoms. The molecule has 3 rings (SSSR count). The Kier molecular flexibility index (Phi) is 5.80. The third-order valence-electron chi connectivity index (χ3n) is 6.88. The number of hydrogen-bond donors (Lipinski definition) is 1. The standard InChI is InChI=1S/C25H35NO2/c1-6-7-8-9-12-24(2,3)18-14-21(27)23-19-13-17(16-26)10-11-20(19)25(4,5)28-22(23)15-18/h10,14-15,19-20,27H,6-9,11-13H2,1-5H3/t19-,20-/m1/s1. The molecule has 2 atom stereocenters. The molecule has 1 aromatic rings. The van der Waals surface area contributed by atoms with Gasteiger partial charge in [0.1, 0.15) is 17.1 Å². The van der Waals surface area contributed by atoms with Gasteiger partial charge in [0.25, 0.3) is 0 Å². The summed E-state index contributed by atoms with van der Waals surface area (Å²) in [7, 11) is 0. The van der Waals surface area contributed by atoms with Crippen LogP contribution in [0, 0.1) is 17.2 Å². The third kappa shape index (κ3) is 3.93. The fourth-order valence-electron chi connectivity index (χ4n) is 5.02. The van der Waals surface area contributed by atoms with Crippen LogP contribution in [-0.4, -0.2) is 10.7 Å². The summed E-state index contributed by atoms with van der Waals surface area (Å²) in [5.74, 6) is 1.55. The van der Waals surface area contributed by atoms with Gasteiger partial charge in [0.2, 0.25) is 0 Å². The van der Waals surface area contributed by atoms with Gasteiger partial charge in [0.15, 0.2) is 0 Å². The van der Waals surface area contributed by atoms with Gasteiger partial charge in [0, 0.05) is 23.0 Å². The molecular formula is C25H35NO2. The zero-order valence-electron chi connectivity index (χ0n) is 18.1. The second-order valence-corrected chi connectivity index (χ2v) is 9.80. The van der Waals surface area contributed by atoms with Crippen LogP contribution >= 0.6 is 0 Å². The van der Waals surface area contributed by atoms with Crippen molar-refractivity contribution in [3.8, 4) is 17.6 Å². The summed E-state index contributed by atoms with van der Waals surface area (Å²) in [5.41, 5.74) is 2.54. The number of nitrogens with zero attached hydrogens (tertiary/aromatic N) is 1. The number of rotatable bonds is 6. The van der Waals surface area contributed by atoms with Gasteiger partial charge in [-0.3, -0.25) is 0 Å². The highest BCUT2D eigenvalue weighted by Crippen LogP contribution is 2.54. The Bertz CT molecular complexity index is 798. The Morgan fingerprint density at radius 2 is 2.00 bits per heavy atom. The SMILES string of the molecule is CCCCCCC(C)(C)c1cc(O)c2c(c1)OC(C)(C)[C@@H]1CC=C(C#N)C[C@@H]21. The molecule has 3 nitrogen and oxygen atoms in total. The zero-order chi connectivity index (χ0) is 20.5. The average Bonchev–Trinajstić information content (AvgIpc) is 2.63. The van der Waals surface area contributed by atoms with Crippen LogP contribution in [-0.2, 0) is 5.41 Å². The molecule has 0 spiro atoms. The highest BCUT2D eigenvalue weighted by atomic mass is 16.5. The summed E-state index contributed by atoms with van der Waals surface area (Å²) in [4.78, 5) is 0. The third-order valence-corrected chi connectivity index (χ3v) is 6.88. The molecule has 1 N–H and O–H groups in total. The number of aromatic hydroxyl groups is 1. The van der Waals surface area contributed by atoms with Crippen molar-refractivity contribution < 1.29 is 9.84 Å². The largest absolute Gasteiger partial charge is 0.508 e. The van der Waals surface area contributed by atoms with Gasteiger partial charge in [-0.15, -0.1) is 0 Å². The first kappa shape index (κ1) is 20.8. The number of unbranched alkanes of at least 4 members (excludes halogenated alkanes) is 3. The Balaban J connectivity index is 1.94. The van der Waals surface area contributed by atoms with E-state index in [4.69, 9.17) is 4.74 Å². The molecule has 1 heterocycles. The lowest BCUT2D eigenvalue weighted by Gasteiger charge is -2.47. The second kappa shape index (κ2) is 7.82. The van der Waals surface area contributed by atoms with E-state index in [0.29, 0.717) is 12.2 Å². The van der Waals surface area contributed by atoms with Gasteiger partial charge in [0.05, 0.1) is 6.07 Å². The van der Waals surface area contributed by atoms with E-state index in [-0.39, 0.29) is 22.9 Å². The zero-order valence-corrected chi connectivity index (χ0v) is 18.1. The summed E-state index contributed by atoms with van der Waals surface area (Å²) in [6.07, 6.45) is 9.63. The number of phenolic OH excluding ortho intramolecular Hbond substituents is 1. The van der Waals surface area contributed by atoms with Crippen molar-refractivity contribution in [1.82, 2.24) is 0 Å². The Morgan fingerprint density at radius 1 is 1.25 bits per heavy atom. The van der Waals surface area contributed by atoms with Crippen LogP contribution in [0.3, 0.4) is 0 Å². The van der Waals surface area contributed by atoms with Gasteiger partial charge in [-0.1, -0.05) is 52.5 Å². The van der Waals surface area contributed by atoms with E-state index in [1.54, 1.807) is 0 Å². The maximum atomic E-state index is 11.0. The lowest BCUT2D eigenvalue weighted by Crippen LogP contribution is -2.45. The van der Waals surface area contributed by atoms with E-state index in [0.717, 1.165) is 35.3 Å². The number of fused-ring (bicyclic) bond motifs is 3. The second-order valence-electron chi connectivity index (χ2n) is 9.80. The van der Waals surface area contributed by atoms with Gasteiger partial charge in [-0.2, -0.15) is 5.26 Å². The Hall–Kier alpha value is -1.95. The van der Waals surface area contributed by atoms with E-state index in [1.165, 1.54) is 25.7 Å². The van der Waals surface area contributed by atoms with Crippen molar-refractivity contribution in [2.75, 3.05) is 0 Å². The molecule has 0 fully saturated rings. The molecule has 0 unspecified atom stereocenters. The molecule has 0 aromatic heterocycles. The van der Waals surface area contributed by atoms with Crippen molar-refractivity contribution in [2.45, 2.75) is 96.5 Å². The number of ether oxygens (including phenoxy) is 1. The van der Waals surface area contributed by atoms with Crippen LogP contribution in [0.25, 0.3) is 0 Å². The predicted molar refractivity (Wildman–Crippen MR) is 114 cm³/mol. The monoisotopic (exact) mass is 381 g/mol.